The van der Waals surface area contributed by atoms with Crippen LogP contribution in [0.1, 0.15) is 11.1 Å². The summed E-state index contributed by atoms with van der Waals surface area (Å²) in [6.07, 6.45) is 1.43. The number of ether oxygens (including phenoxy) is 1. The number of hydrazine groups is 1. The molecule has 112 valence electrons. The molecule has 21 heavy (non-hydrogen) atoms. The summed E-state index contributed by atoms with van der Waals surface area (Å²) in [7, 11) is 1.65. The van der Waals surface area contributed by atoms with Crippen molar-refractivity contribution < 1.29 is 9.13 Å². The molecule has 0 aromatic heterocycles. The highest BCUT2D eigenvalue weighted by Gasteiger charge is 2.13. The Balaban J connectivity index is 2.11. The summed E-state index contributed by atoms with van der Waals surface area (Å²) in [6, 6.07) is 12.4. The Labute approximate surface area is 132 Å². The average molecular weight is 353 g/mol. The lowest BCUT2D eigenvalue weighted by atomic mass is 9.99. The van der Waals surface area contributed by atoms with Gasteiger partial charge in [0.2, 0.25) is 0 Å². The Morgan fingerprint density at radius 1 is 1.19 bits per heavy atom. The smallest absolute Gasteiger partial charge is 0.123 e. The van der Waals surface area contributed by atoms with Gasteiger partial charge in [0.05, 0.1) is 7.11 Å². The van der Waals surface area contributed by atoms with Crippen LogP contribution in [0.3, 0.4) is 0 Å². The lowest BCUT2D eigenvalue weighted by molar-refractivity contribution is 0.404. The highest BCUT2D eigenvalue weighted by Crippen LogP contribution is 2.24. The molecular formula is C16H18BrFN2O. The number of rotatable bonds is 6. The van der Waals surface area contributed by atoms with Gasteiger partial charge in [0, 0.05) is 10.5 Å². The fourth-order valence-electron chi connectivity index (χ4n) is 2.27. The van der Waals surface area contributed by atoms with Crippen LogP contribution < -0.4 is 16.0 Å². The van der Waals surface area contributed by atoms with Crippen LogP contribution in [-0.4, -0.2) is 13.2 Å². The third-order valence-corrected chi connectivity index (χ3v) is 3.83. The van der Waals surface area contributed by atoms with Gasteiger partial charge in [-0.2, -0.15) is 0 Å². The normalized spacial score (nSPS) is 12.2. The quantitative estimate of drug-likeness (QED) is 0.619. The maximum absolute atomic E-state index is 12.9. The lowest BCUT2D eigenvalue weighted by Gasteiger charge is -2.18. The molecule has 1 unspecified atom stereocenters. The summed E-state index contributed by atoms with van der Waals surface area (Å²) in [5.41, 5.74) is 4.92. The summed E-state index contributed by atoms with van der Waals surface area (Å²) in [5, 5.41) is 0. The molecule has 5 heteroatoms. The van der Waals surface area contributed by atoms with Crippen molar-refractivity contribution in [3.05, 3.63) is 63.9 Å². The van der Waals surface area contributed by atoms with Crippen LogP contribution in [-0.2, 0) is 12.8 Å². The number of methoxy groups -OCH3 is 1. The van der Waals surface area contributed by atoms with Crippen molar-refractivity contribution in [1.82, 2.24) is 5.43 Å². The van der Waals surface area contributed by atoms with E-state index in [1.807, 2.05) is 18.2 Å². The lowest BCUT2D eigenvalue weighted by Crippen LogP contribution is -2.38. The number of nitrogens with one attached hydrogen (secondary N) is 1. The number of nitrogens with two attached hydrogens (primary N) is 1. The molecule has 0 aliphatic heterocycles. The predicted molar refractivity (Wildman–Crippen MR) is 85.6 cm³/mol. The first-order chi connectivity index (χ1) is 10.1. The van der Waals surface area contributed by atoms with E-state index in [2.05, 4.69) is 21.4 Å². The van der Waals surface area contributed by atoms with Crippen molar-refractivity contribution in [1.29, 1.82) is 0 Å². The van der Waals surface area contributed by atoms with E-state index in [0.29, 0.717) is 6.42 Å². The zero-order valence-corrected chi connectivity index (χ0v) is 13.4. The molecule has 0 spiro atoms. The minimum Gasteiger partial charge on any atom is -0.496 e. The summed E-state index contributed by atoms with van der Waals surface area (Å²) in [6.45, 7) is 0. The Kier molecular flexibility index (Phi) is 5.73. The number of halogens is 2. The van der Waals surface area contributed by atoms with Gasteiger partial charge in [-0.1, -0.05) is 28.1 Å². The van der Waals surface area contributed by atoms with Crippen LogP contribution in [0.2, 0.25) is 0 Å². The molecule has 3 N–H and O–H groups in total. The zero-order valence-electron chi connectivity index (χ0n) is 11.8. The molecule has 0 heterocycles. The summed E-state index contributed by atoms with van der Waals surface area (Å²) < 4.78 is 19.3. The number of hydrogen-bond donors (Lipinski definition) is 2. The Hall–Kier alpha value is -1.43. The molecular weight excluding hydrogens is 335 g/mol. The second-order valence-electron chi connectivity index (χ2n) is 4.85. The standard InChI is InChI=1S/C16H18BrFN2O/c1-21-16-7-4-13(17)9-12(16)10-15(20-19)8-11-2-5-14(18)6-3-11/h2-7,9,15,20H,8,10,19H2,1H3. The van der Waals surface area contributed by atoms with E-state index in [1.165, 1.54) is 12.1 Å². The third kappa shape index (κ3) is 4.52. The van der Waals surface area contributed by atoms with Crippen LogP contribution >= 0.6 is 15.9 Å². The number of hydrogen-bond acceptors (Lipinski definition) is 3. The Morgan fingerprint density at radius 2 is 1.90 bits per heavy atom. The van der Waals surface area contributed by atoms with Gasteiger partial charge in [-0.15, -0.1) is 0 Å². The topological polar surface area (TPSA) is 47.3 Å². The predicted octanol–water partition coefficient (Wildman–Crippen LogP) is 3.21. The first-order valence-corrected chi connectivity index (χ1v) is 7.44. The second-order valence-corrected chi connectivity index (χ2v) is 5.77. The molecule has 0 saturated heterocycles. The van der Waals surface area contributed by atoms with Crippen LogP contribution in [0, 0.1) is 5.82 Å². The van der Waals surface area contributed by atoms with Crippen LogP contribution in [0.5, 0.6) is 5.75 Å². The Morgan fingerprint density at radius 3 is 2.52 bits per heavy atom. The Bertz CT molecular complexity index is 589. The van der Waals surface area contributed by atoms with Crippen molar-refractivity contribution in [3.8, 4) is 5.75 Å². The van der Waals surface area contributed by atoms with E-state index >= 15 is 0 Å². The maximum Gasteiger partial charge on any atom is 0.123 e. The van der Waals surface area contributed by atoms with Crippen molar-refractivity contribution in [2.24, 2.45) is 5.84 Å². The van der Waals surface area contributed by atoms with Crippen LogP contribution in [0.15, 0.2) is 46.9 Å². The van der Waals surface area contributed by atoms with Crippen molar-refractivity contribution >= 4 is 15.9 Å². The van der Waals surface area contributed by atoms with Gasteiger partial charge in [-0.05, 0) is 54.3 Å². The van der Waals surface area contributed by atoms with Gasteiger partial charge >= 0.3 is 0 Å². The van der Waals surface area contributed by atoms with Gasteiger partial charge in [0.1, 0.15) is 11.6 Å². The zero-order chi connectivity index (χ0) is 15.2. The van der Waals surface area contributed by atoms with E-state index < -0.39 is 0 Å². The molecule has 0 amide bonds. The average Bonchev–Trinajstić information content (AvgIpc) is 2.49. The monoisotopic (exact) mass is 352 g/mol. The molecule has 2 aromatic rings. The highest BCUT2D eigenvalue weighted by molar-refractivity contribution is 9.10. The SMILES string of the molecule is COc1ccc(Br)cc1CC(Cc1ccc(F)cc1)NN. The van der Waals surface area contributed by atoms with Crippen LogP contribution in [0.4, 0.5) is 4.39 Å². The molecule has 0 saturated carbocycles. The van der Waals surface area contributed by atoms with Gasteiger partial charge < -0.3 is 4.74 Å². The molecule has 3 nitrogen and oxygen atoms in total. The third-order valence-electron chi connectivity index (χ3n) is 3.34. The fourth-order valence-corrected chi connectivity index (χ4v) is 2.68. The molecule has 0 radical (unpaired) electrons. The molecule has 0 aliphatic carbocycles. The fraction of sp³-hybridized carbons (Fsp3) is 0.250. The highest BCUT2D eigenvalue weighted by atomic mass is 79.9. The van der Waals surface area contributed by atoms with Crippen molar-refractivity contribution in [2.45, 2.75) is 18.9 Å². The molecule has 0 bridgehead atoms. The summed E-state index contributed by atoms with van der Waals surface area (Å²) in [5.74, 6) is 6.25. The van der Waals surface area contributed by atoms with E-state index in [1.54, 1.807) is 19.2 Å². The van der Waals surface area contributed by atoms with Crippen molar-refractivity contribution in [3.63, 3.8) is 0 Å². The molecule has 2 aromatic carbocycles. The second kappa shape index (κ2) is 7.54. The maximum atomic E-state index is 12.9. The van der Waals surface area contributed by atoms with E-state index in [9.17, 15) is 4.39 Å². The first kappa shape index (κ1) is 15.9. The molecule has 1 atom stereocenters. The van der Waals surface area contributed by atoms with Gasteiger partial charge in [0.25, 0.3) is 0 Å². The van der Waals surface area contributed by atoms with E-state index in [4.69, 9.17) is 10.6 Å². The first-order valence-electron chi connectivity index (χ1n) is 6.65. The van der Waals surface area contributed by atoms with E-state index in [0.717, 1.165) is 27.8 Å². The van der Waals surface area contributed by atoms with Crippen LogP contribution in [0.25, 0.3) is 0 Å². The summed E-state index contributed by atoms with van der Waals surface area (Å²) in [4.78, 5) is 0. The molecule has 0 fully saturated rings. The van der Waals surface area contributed by atoms with Gasteiger partial charge in [-0.25, -0.2) is 4.39 Å². The van der Waals surface area contributed by atoms with Crippen molar-refractivity contribution in [2.75, 3.05) is 7.11 Å². The summed E-state index contributed by atoms with van der Waals surface area (Å²) >= 11 is 3.46. The minimum atomic E-state index is -0.232. The van der Waals surface area contributed by atoms with E-state index in [-0.39, 0.29) is 11.9 Å². The van der Waals surface area contributed by atoms with Gasteiger partial charge in [-0.3, -0.25) is 11.3 Å². The molecule has 0 aliphatic rings. The number of benzene rings is 2. The largest absolute Gasteiger partial charge is 0.496 e. The van der Waals surface area contributed by atoms with Gasteiger partial charge in [0.15, 0.2) is 0 Å². The minimum absolute atomic E-state index is 0.0404. The molecule has 2 rings (SSSR count).